The molecule has 0 aliphatic carbocycles. The van der Waals surface area contributed by atoms with E-state index in [4.69, 9.17) is 18.7 Å². The zero-order valence-corrected chi connectivity index (χ0v) is 17.2. The van der Waals surface area contributed by atoms with E-state index in [1.54, 1.807) is 13.2 Å². The van der Waals surface area contributed by atoms with Gasteiger partial charge in [0.05, 0.1) is 7.11 Å². The fraction of sp³-hybridized carbons (Fsp3) is 0.304. The van der Waals surface area contributed by atoms with Gasteiger partial charge in [0.2, 0.25) is 0 Å². The van der Waals surface area contributed by atoms with E-state index in [9.17, 15) is 4.79 Å². The molecule has 8 heteroatoms. The van der Waals surface area contributed by atoms with Gasteiger partial charge in [0, 0.05) is 43.5 Å². The fourth-order valence-electron chi connectivity index (χ4n) is 3.83. The van der Waals surface area contributed by atoms with Crippen LogP contribution in [0.2, 0.25) is 0 Å². The molecule has 0 unspecified atom stereocenters. The lowest BCUT2D eigenvalue weighted by molar-refractivity contribution is 0.0736. The summed E-state index contributed by atoms with van der Waals surface area (Å²) in [5.41, 5.74) is 2.22. The molecular weight excluding hydrogens is 398 g/mol. The van der Waals surface area contributed by atoms with Crippen molar-refractivity contribution in [1.82, 2.24) is 10.1 Å². The third-order valence-corrected chi connectivity index (χ3v) is 5.56. The molecule has 2 aliphatic rings. The van der Waals surface area contributed by atoms with E-state index in [0.717, 1.165) is 30.1 Å². The summed E-state index contributed by atoms with van der Waals surface area (Å²) in [5.74, 6) is 2.61. The maximum Gasteiger partial charge on any atom is 0.276 e. The quantitative estimate of drug-likeness (QED) is 0.641. The summed E-state index contributed by atoms with van der Waals surface area (Å²) in [5, 5.41) is 4.01. The van der Waals surface area contributed by atoms with Gasteiger partial charge in [-0.15, -0.1) is 0 Å². The molecule has 31 heavy (non-hydrogen) atoms. The number of piperazine rings is 1. The van der Waals surface area contributed by atoms with Crippen LogP contribution >= 0.6 is 0 Å². The van der Waals surface area contributed by atoms with Crippen molar-refractivity contribution in [3.8, 4) is 28.6 Å². The second kappa shape index (κ2) is 8.22. The standard InChI is InChI=1S/C23H23N3O5/c1-28-18-5-3-17(4-6-18)25-8-10-26(11-9-25)23(27)19-15-21(31-24-19)16-2-7-20-22(14-16)30-13-12-29-20/h2-7,14-15H,8-13H2,1H3. The largest absolute Gasteiger partial charge is 0.497 e. The Morgan fingerprint density at radius 2 is 1.68 bits per heavy atom. The van der Waals surface area contributed by atoms with Crippen molar-refractivity contribution >= 4 is 11.6 Å². The normalized spacial score (nSPS) is 15.6. The number of hydrogen-bond donors (Lipinski definition) is 0. The number of ether oxygens (including phenoxy) is 3. The Balaban J connectivity index is 1.24. The lowest BCUT2D eigenvalue weighted by Gasteiger charge is -2.35. The van der Waals surface area contributed by atoms with E-state index in [-0.39, 0.29) is 5.91 Å². The first-order valence-corrected chi connectivity index (χ1v) is 10.3. The summed E-state index contributed by atoms with van der Waals surface area (Å²) >= 11 is 0. The van der Waals surface area contributed by atoms with Gasteiger partial charge in [0.1, 0.15) is 19.0 Å². The highest BCUT2D eigenvalue weighted by Crippen LogP contribution is 2.34. The van der Waals surface area contributed by atoms with Crippen molar-refractivity contribution in [1.29, 1.82) is 0 Å². The third kappa shape index (κ3) is 3.88. The van der Waals surface area contributed by atoms with Crippen molar-refractivity contribution < 1.29 is 23.5 Å². The van der Waals surface area contributed by atoms with E-state index in [0.29, 0.717) is 49.3 Å². The van der Waals surface area contributed by atoms with E-state index in [1.807, 2.05) is 47.4 Å². The Bertz CT molecular complexity index is 1070. The zero-order chi connectivity index (χ0) is 21.2. The summed E-state index contributed by atoms with van der Waals surface area (Å²) in [6.07, 6.45) is 0. The summed E-state index contributed by atoms with van der Waals surface area (Å²) < 4.78 is 21.8. The van der Waals surface area contributed by atoms with Gasteiger partial charge in [0.15, 0.2) is 23.0 Å². The molecular formula is C23H23N3O5. The molecule has 0 N–H and O–H groups in total. The molecule has 2 aromatic carbocycles. The molecule has 1 aromatic heterocycles. The molecule has 3 heterocycles. The summed E-state index contributed by atoms with van der Waals surface area (Å²) in [6.45, 7) is 3.81. The average Bonchev–Trinajstić information content (AvgIpc) is 3.34. The molecule has 1 amide bonds. The fourth-order valence-corrected chi connectivity index (χ4v) is 3.83. The van der Waals surface area contributed by atoms with E-state index in [2.05, 4.69) is 10.1 Å². The molecule has 1 fully saturated rings. The molecule has 0 saturated carbocycles. The average molecular weight is 421 g/mol. The molecule has 160 valence electrons. The summed E-state index contributed by atoms with van der Waals surface area (Å²) in [7, 11) is 1.66. The van der Waals surface area contributed by atoms with Gasteiger partial charge >= 0.3 is 0 Å². The Morgan fingerprint density at radius 3 is 2.42 bits per heavy atom. The molecule has 0 bridgehead atoms. The van der Waals surface area contributed by atoms with Crippen LogP contribution < -0.4 is 19.1 Å². The molecule has 3 aromatic rings. The number of amides is 1. The van der Waals surface area contributed by atoms with Crippen LogP contribution in [0.1, 0.15) is 10.5 Å². The number of methoxy groups -OCH3 is 1. The maximum absolute atomic E-state index is 12.9. The predicted molar refractivity (Wildman–Crippen MR) is 114 cm³/mol. The van der Waals surface area contributed by atoms with Crippen LogP contribution in [-0.4, -0.2) is 62.5 Å². The van der Waals surface area contributed by atoms with Crippen molar-refractivity contribution in [3.63, 3.8) is 0 Å². The topological polar surface area (TPSA) is 77.3 Å². The third-order valence-electron chi connectivity index (χ3n) is 5.56. The van der Waals surface area contributed by atoms with Crippen LogP contribution in [-0.2, 0) is 0 Å². The second-order valence-corrected chi connectivity index (χ2v) is 7.41. The number of nitrogens with zero attached hydrogens (tertiary/aromatic N) is 3. The minimum Gasteiger partial charge on any atom is -0.497 e. The van der Waals surface area contributed by atoms with Crippen molar-refractivity contribution in [2.75, 3.05) is 51.4 Å². The van der Waals surface area contributed by atoms with Crippen LogP contribution in [0.5, 0.6) is 17.2 Å². The van der Waals surface area contributed by atoms with E-state index >= 15 is 0 Å². The smallest absolute Gasteiger partial charge is 0.276 e. The van der Waals surface area contributed by atoms with Crippen LogP contribution in [0.15, 0.2) is 53.1 Å². The number of rotatable bonds is 4. The lowest BCUT2D eigenvalue weighted by Crippen LogP contribution is -2.48. The van der Waals surface area contributed by atoms with Gasteiger partial charge in [-0.25, -0.2) is 0 Å². The number of carbonyl (C=O) groups is 1. The Morgan fingerprint density at radius 1 is 0.935 bits per heavy atom. The Hall–Kier alpha value is -3.68. The van der Waals surface area contributed by atoms with Gasteiger partial charge in [-0.1, -0.05) is 5.16 Å². The van der Waals surface area contributed by atoms with Crippen LogP contribution in [0, 0.1) is 0 Å². The zero-order valence-electron chi connectivity index (χ0n) is 17.2. The van der Waals surface area contributed by atoms with Gasteiger partial charge in [0.25, 0.3) is 5.91 Å². The first-order chi connectivity index (χ1) is 15.2. The SMILES string of the molecule is COc1ccc(N2CCN(C(=O)c3cc(-c4ccc5c(c4)OCCO5)on3)CC2)cc1. The van der Waals surface area contributed by atoms with Gasteiger partial charge in [-0.3, -0.25) is 4.79 Å². The molecule has 8 nitrogen and oxygen atoms in total. The minimum absolute atomic E-state index is 0.123. The molecule has 5 rings (SSSR count). The van der Waals surface area contributed by atoms with Crippen molar-refractivity contribution in [2.45, 2.75) is 0 Å². The molecule has 0 atom stereocenters. The van der Waals surface area contributed by atoms with Crippen LogP contribution in [0.25, 0.3) is 11.3 Å². The summed E-state index contributed by atoms with van der Waals surface area (Å²) in [6, 6.07) is 15.2. The first-order valence-electron chi connectivity index (χ1n) is 10.3. The van der Waals surface area contributed by atoms with Gasteiger partial charge in [-0.05, 0) is 42.5 Å². The Labute approximate surface area is 179 Å². The van der Waals surface area contributed by atoms with Gasteiger partial charge < -0.3 is 28.5 Å². The van der Waals surface area contributed by atoms with E-state index < -0.39 is 0 Å². The highest BCUT2D eigenvalue weighted by molar-refractivity contribution is 5.93. The number of carbonyl (C=O) groups excluding carboxylic acids is 1. The van der Waals surface area contributed by atoms with Gasteiger partial charge in [-0.2, -0.15) is 0 Å². The maximum atomic E-state index is 12.9. The van der Waals surface area contributed by atoms with E-state index in [1.165, 1.54) is 0 Å². The number of benzene rings is 2. The van der Waals surface area contributed by atoms with Crippen molar-refractivity contribution in [2.24, 2.45) is 0 Å². The van der Waals surface area contributed by atoms with Crippen LogP contribution in [0.4, 0.5) is 5.69 Å². The molecule has 0 radical (unpaired) electrons. The second-order valence-electron chi connectivity index (χ2n) is 7.41. The number of fused-ring (bicyclic) bond motifs is 1. The Kier molecular flexibility index (Phi) is 5.11. The highest BCUT2D eigenvalue weighted by atomic mass is 16.6. The molecule has 1 saturated heterocycles. The predicted octanol–water partition coefficient (Wildman–Crippen LogP) is 3.08. The lowest BCUT2D eigenvalue weighted by atomic mass is 10.1. The number of anilines is 1. The number of aromatic nitrogens is 1. The first kappa shape index (κ1) is 19.3. The molecule has 0 spiro atoms. The van der Waals surface area contributed by atoms with Crippen molar-refractivity contribution in [3.05, 3.63) is 54.2 Å². The minimum atomic E-state index is -0.123. The molecule has 2 aliphatic heterocycles. The monoisotopic (exact) mass is 421 g/mol. The number of hydrogen-bond acceptors (Lipinski definition) is 7. The summed E-state index contributed by atoms with van der Waals surface area (Å²) in [4.78, 5) is 17.0. The highest BCUT2D eigenvalue weighted by Gasteiger charge is 2.25. The van der Waals surface area contributed by atoms with Crippen LogP contribution in [0.3, 0.4) is 0 Å².